The SMILES string of the molecule is CCc1ccc(OCC(=O)NCCc2ccc(F)cc2)c(Br)c1. The van der Waals surface area contributed by atoms with E-state index >= 15 is 0 Å². The van der Waals surface area contributed by atoms with Gasteiger partial charge in [0, 0.05) is 6.54 Å². The van der Waals surface area contributed by atoms with Crippen molar-refractivity contribution in [1.82, 2.24) is 5.32 Å². The second-order valence-corrected chi connectivity index (χ2v) is 5.99. The molecule has 2 aromatic carbocycles. The third-order valence-electron chi connectivity index (χ3n) is 3.41. The minimum Gasteiger partial charge on any atom is -0.483 e. The van der Waals surface area contributed by atoms with Gasteiger partial charge in [-0.05, 0) is 64.2 Å². The molecular formula is C18H19BrFNO2. The van der Waals surface area contributed by atoms with Crippen LogP contribution in [0.3, 0.4) is 0 Å². The van der Waals surface area contributed by atoms with Crippen molar-refractivity contribution in [2.45, 2.75) is 19.8 Å². The van der Waals surface area contributed by atoms with E-state index in [-0.39, 0.29) is 18.3 Å². The second kappa shape index (κ2) is 8.67. The van der Waals surface area contributed by atoms with Crippen LogP contribution in [0.1, 0.15) is 18.1 Å². The van der Waals surface area contributed by atoms with Crippen LogP contribution in [0, 0.1) is 5.82 Å². The van der Waals surface area contributed by atoms with Crippen LogP contribution < -0.4 is 10.1 Å². The molecule has 0 spiro atoms. The number of hydrogen-bond acceptors (Lipinski definition) is 2. The Labute approximate surface area is 144 Å². The molecule has 0 aliphatic heterocycles. The molecule has 0 radical (unpaired) electrons. The highest BCUT2D eigenvalue weighted by atomic mass is 79.9. The molecule has 5 heteroatoms. The Morgan fingerprint density at radius 2 is 1.87 bits per heavy atom. The number of hydrogen-bond donors (Lipinski definition) is 1. The predicted molar refractivity (Wildman–Crippen MR) is 92.1 cm³/mol. The lowest BCUT2D eigenvalue weighted by atomic mass is 10.1. The predicted octanol–water partition coefficient (Wildman–Crippen LogP) is 3.89. The van der Waals surface area contributed by atoms with E-state index in [1.54, 1.807) is 12.1 Å². The Kier molecular flexibility index (Phi) is 6.59. The highest BCUT2D eigenvalue weighted by Crippen LogP contribution is 2.26. The summed E-state index contributed by atoms with van der Waals surface area (Å²) in [5.74, 6) is 0.209. The van der Waals surface area contributed by atoms with Crippen molar-refractivity contribution >= 4 is 21.8 Å². The zero-order valence-corrected chi connectivity index (χ0v) is 14.5. The number of aryl methyl sites for hydroxylation is 1. The Morgan fingerprint density at radius 3 is 2.52 bits per heavy atom. The Balaban J connectivity index is 1.73. The zero-order valence-electron chi connectivity index (χ0n) is 12.9. The van der Waals surface area contributed by atoms with Crippen LogP contribution in [0.15, 0.2) is 46.9 Å². The molecule has 0 fully saturated rings. The van der Waals surface area contributed by atoms with Gasteiger partial charge in [-0.3, -0.25) is 4.79 Å². The summed E-state index contributed by atoms with van der Waals surface area (Å²) in [6, 6.07) is 12.1. The number of nitrogens with one attached hydrogen (secondary N) is 1. The van der Waals surface area contributed by atoms with E-state index in [2.05, 4.69) is 28.2 Å². The Bertz CT molecular complexity index is 659. The molecule has 0 aliphatic rings. The first-order chi connectivity index (χ1) is 11.1. The van der Waals surface area contributed by atoms with Gasteiger partial charge in [-0.2, -0.15) is 0 Å². The lowest BCUT2D eigenvalue weighted by molar-refractivity contribution is -0.123. The van der Waals surface area contributed by atoms with Gasteiger partial charge in [0.2, 0.25) is 0 Å². The molecule has 0 saturated carbocycles. The van der Waals surface area contributed by atoms with E-state index in [0.717, 1.165) is 16.5 Å². The molecule has 3 nitrogen and oxygen atoms in total. The number of rotatable bonds is 7. The second-order valence-electron chi connectivity index (χ2n) is 5.13. The van der Waals surface area contributed by atoms with E-state index < -0.39 is 0 Å². The van der Waals surface area contributed by atoms with Crippen LogP contribution >= 0.6 is 15.9 Å². The largest absolute Gasteiger partial charge is 0.483 e. The van der Waals surface area contributed by atoms with Crippen LogP contribution in [0.4, 0.5) is 4.39 Å². The zero-order chi connectivity index (χ0) is 16.7. The average Bonchev–Trinajstić information content (AvgIpc) is 2.55. The van der Waals surface area contributed by atoms with Crippen LogP contribution in [0.25, 0.3) is 0 Å². The molecule has 0 unspecified atom stereocenters. The van der Waals surface area contributed by atoms with E-state index in [9.17, 15) is 9.18 Å². The summed E-state index contributed by atoms with van der Waals surface area (Å²) >= 11 is 3.44. The van der Waals surface area contributed by atoms with Crippen molar-refractivity contribution < 1.29 is 13.9 Å². The van der Waals surface area contributed by atoms with Gasteiger partial charge in [-0.15, -0.1) is 0 Å². The molecule has 122 valence electrons. The van der Waals surface area contributed by atoms with Crippen molar-refractivity contribution in [2.24, 2.45) is 0 Å². The highest BCUT2D eigenvalue weighted by molar-refractivity contribution is 9.10. The van der Waals surface area contributed by atoms with Crippen molar-refractivity contribution in [1.29, 1.82) is 0 Å². The number of amides is 1. The summed E-state index contributed by atoms with van der Waals surface area (Å²) in [6.45, 7) is 2.54. The smallest absolute Gasteiger partial charge is 0.257 e. The third-order valence-corrected chi connectivity index (χ3v) is 4.03. The molecule has 0 heterocycles. The molecule has 2 aromatic rings. The number of halogens is 2. The summed E-state index contributed by atoms with van der Waals surface area (Å²) < 4.78 is 19.1. The van der Waals surface area contributed by atoms with E-state index in [4.69, 9.17) is 4.74 Å². The third kappa shape index (κ3) is 5.67. The molecule has 0 saturated heterocycles. The van der Waals surface area contributed by atoms with Gasteiger partial charge in [-0.25, -0.2) is 4.39 Å². The fourth-order valence-electron chi connectivity index (χ4n) is 2.07. The first kappa shape index (κ1) is 17.5. The maximum Gasteiger partial charge on any atom is 0.257 e. The Hall–Kier alpha value is -1.88. The normalized spacial score (nSPS) is 10.4. The van der Waals surface area contributed by atoms with Gasteiger partial charge in [0.25, 0.3) is 5.91 Å². The summed E-state index contributed by atoms with van der Waals surface area (Å²) in [7, 11) is 0. The molecule has 0 bridgehead atoms. The van der Waals surface area contributed by atoms with Gasteiger partial charge >= 0.3 is 0 Å². The standard InChI is InChI=1S/C18H19BrFNO2/c1-2-13-5-8-17(16(19)11-13)23-12-18(22)21-10-9-14-3-6-15(20)7-4-14/h3-8,11H,2,9-10,12H2,1H3,(H,21,22). The van der Waals surface area contributed by atoms with Crippen LogP contribution in [-0.2, 0) is 17.6 Å². The summed E-state index contributed by atoms with van der Waals surface area (Å²) in [6.07, 6.45) is 1.60. The van der Waals surface area contributed by atoms with E-state index in [0.29, 0.717) is 18.7 Å². The monoisotopic (exact) mass is 379 g/mol. The van der Waals surface area contributed by atoms with Crippen LogP contribution in [0.5, 0.6) is 5.75 Å². The van der Waals surface area contributed by atoms with Crippen molar-refractivity contribution in [3.63, 3.8) is 0 Å². The summed E-state index contributed by atoms with van der Waals surface area (Å²) in [5, 5.41) is 2.79. The maximum atomic E-state index is 12.8. The highest BCUT2D eigenvalue weighted by Gasteiger charge is 2.06. The van der Waals surface area contributed by atoms with Crippen molar-refractivity contribution in [3.05, 3.63) is 63.9 Å². The molecule has 23 heavy (non-hydrogen) atoms. The van der Waals surface area contributed by atoms with Crippen LogP contribution in [0.2, 0.25) is 0 Å². The lowest BCUT2D eigenvalue weighted by Crippen LogP contribution is -2.30. The first-order valence-corrected chi connectivity index (χ1v) is 8.30. The summed E-state index contributed by atoms with van der Waals surface area (Å²) in [4.78, 5) is 11.8. The number of benzene rings is 2. The maximum absolute atomic E-state index is 12.8. The fraction of sp³-hybridized carbons (Fsp3) is 0.278. The molecule has 1 amide bonds. The lowest BCUT2D eigenvalue weighted by Gasteiger charge is -2.10. The van der Waals surface area contributed by atoms with Gasteiger partial charge in [0.1, 0.15) is 11.6 Å². The Morgan fingerprint density at radius 1 is 1.17 bits per heavy atom. The molecule has 0 aliphatic carbocycles. The van der Waals surface area contributed by atoms with Gasteiger partial charge in [0.15, 0.2) is 6.61 Å². The molecule has 0 atom stereocenters. The van der Waals surface area contributed by atoms with Gasteiger partial charge in [-0.1, -0.05) is 25.1 Å². The van der Waals surface area contributed by atoms with Gasteiger partial charge < -0.3 is 10.1 Å². The minimum atomic E-state index is -0.258. The molecule has 1 N–H and O–H groups in total. The van der Waals surface area contributed by atoms with Crippen molar-refractivity contribution in [3.8, 4) is 5.75 Å². The molecule has 2 rings (SSSR count). The molecule has 0 aromatic heterocycles. The number of ether oxygens (including phenoxy) is 1. The first-order valence-electron chi connectivity index (χ1n) is 7.51. The molecular weight excluding hydrogens is 361 g/mol. The van der Waals surface area contributed by atoms with E-state index in [1.165, 1.54) is 17.7 Å². The number of carbonyl (C=O) groups is 1. The minimum absolute atomic E-state index is 0.0342. The topological polar surface area (TPSA) is 38.3 Å². The number of carbonyl (C=O) groups excluding carboxylic acids is 1. The average molecular weight is 380 g/mol. The fourth-order valence-corrected chi connectivity index (χ4v) is 2.61. The quantitative estimate of drug-likeness (QED) is 0.792. The van der Waals surface area contributed by atoms with Gasteiger partial charge in [0.05, 0.1) is 4.47 Å². The van der Waals surface area contributed by atoms with E-state index in [1.807, 2.05) is 18.2 Å². The summed E-state index contributed by atoms with van der Waals surface area (Å²) in [5.41, 5.74) is 2.18. The van der Waals surface area contributed by atoms with Crippen LogP contribution in [-0.4, -0.2) is 19.1 Å². The van der Waals surface area contributed by atoms with Crippen molar-refractivity contribution in [2.75, 3.05) is 13.2 Å².